The van der Waals surface area contributed by atoms with Crippen LogP contribution in [0.1, 0.15) is 51.9 Å². The van der Waals surface area contributed by atoms with Gasteiger partial charge in [-0.05, 0) is 38.0 Å². The van der Waals surface area contributed by atoms with Gasteiger partial charge >= 0.3 is 0 Å². The molecule has 0 spiro atoms. The molecule has 2 aliphatic carbocycles. The molecule has 0 heterocycles. The summed E-state index contributed by atoms with van der Waals surface area (Å²) < 4.78 is 0. The van der Waals surface area contributed by atoms with Crippen molar-refractivity contribution in [1.82, 2.24) is 5.32 Å². The summed E-state index contributed by atoms with van der Waals surface area (Å²) in [7, 11) is 0. The molecule has 0 aliphatic heterocycles. The Morgan fingerprint density at radius 3 is 2.65 bits per heavy atom. The average molecular weight is 239 g/mol. The summed E-state index contributed by atoms with van der Waals surface area (Å²) in [6, 6.07) is 0. The smallest absolute Gasteiger partial charge is 0.223 e. The number of amides is 1. The largest absolute Gasteiger partial charge is 0.392 e. The fraction of sp³-hybridized carbons (Fsp3) is 0.929. The van der Waals surface area contributed by atoms with Crippen LogP contribution in [0.3, 0.4) is 0 Å². The minimum atomic E-state index is -0.440. The molecule has 2 N–H and O–H groups in total. The van der Waals surface area contributed by atoms with Crippen molar-refractivity contribution in [3.8, 4) is 0 Å². The van der Waals surface area contributed by atoms with Crippen LogP contribution in [-0.4, -0.2) is 23.7 Å². The van der Waals surface area contributed by atoms with E-state index in [4.69, 9.17) is 0 Å². The highest BCUT2D eigenvalue weighted by Gasteiger charge is 2.34. The zero-order valence-electron chi connectivity index (χ0n) is 10.8. The van der Waals surface area contributed by atoms with Crippen molar-refractivity contribution in [2.75, 3.05) is 6.54 Å². The Balaban J connectivity index is 1.80. The van der Waals surface area contributed by atoms with Crippen LogP contribution in [0.5, 0.6) is 0 Å². The predicted molar refractivity (Wildman–Crippen MR) is 67.5 cm³/mol. The Morgan fingerprint density at radius 2 is 1.94 bits per heavy atom. The number of hydrogen-bond acceptors (Lipinski definition) is 2. The van der Waals surface area contributed by atoms with Gasteiger partial charge in [0.2, 0.25) is 5.91 Å². The molecule has 3 unspecified atom stereocenters. The van der Waals surface area contributed by atoms with Gasteiger partial charge in [-0.25, -0.2) is 0 Å². The summed E-state index contributed by atoms with van der Waals surface area (Å²) in [6.07, 6.45) is 8.37. The van der Waals surface area contributed by atoms with Crippen molar-refractivity contribution in [2.24, 2.45) is 17.8 Å². The van der Waals surface area contributed by atoms with Gasteiger partial charge in [0.25, 0.3) is 0 Å². The first-order valence-corrected chi connectivity index (χ1v) is 7.12. The number of aliphatic hydroxyl groups is 1. The molecule has 17 heavy (non-hydrogen) atoms. The quantitative estimate of drug-likeness (QED) is 0.792. The molecule has 1 amide bonds. The summed E-state index contributed by atoms with van der Waals surface area (Å²) in [5.41, 5.74) is 0. The van der Waals surface area contributed by atoms with Crippen molar-refractivity contribution in [2.45, 2.75) is 58.0 Å². The van der Waals surface area contributed by atoms with Gasteiger partial charge in [-0.1, -0.05) is 25.7 Å². The van der Waals surface area contributed by atoms with E-state index < -0.39 is 6.10 Å². The first kappa shape index (κ1) is 12.9. The van der Waals surface area contributed by atoms with Crippen LogP contribution >= 0.6 is 0 Å². The highest BCUT2D eigenvalue weighted by atomic mass is 16.3. The SMILES string of the molecule is C[C@@H](O)CNC(=O)C1CCC2CCCCC2C1. The Morgan fingerprint density at radius 1 is 1.24 bits per heavy atom. The molecule has 2 fully saturated rings. The molecule has 0 aromatic carbocycles. The van der Waals surface area contributed by atoms with Crippen LogP contribution in [0.15, 0.2) is 0 Å². The van der Waals surface area contributed by atoms with E-state index in [-0.39, 0.29) is 11.8 Å². The number of rotatable bonds is 3. The molecule has 98 valence electrons. The zero-order chi connectivity index (χ0) is 12.3. The number of carbonyl (C=O) groups is 1. The zero-order valence-corrected chi connectivity index (χ0v) is 10.8. The molecular weight excluding hydrogens is 214 g/mol. The maximum Gasteiger partial charge on any atom is 0.223 e. The second-order valence-electron chi connectivity index (χ2n) is 5.91. The second-order valence-corrected chi connectivity index (χ2v) is 5.91. The second kappa shape index (κ2) is 5.85. The molecular formula is C14H25NO2. The minimum Gasteiger partial charge on any atom is -0.392 e. The van der Waals surface area contributed by atoms with Crippen molar-refractivity contribution in [1.29, 1.82) is 0 Å². The molecule has 0 aromatic rings. The number of nitrogens with one attached hydrogen (secondary N) is 1. The molecule has 0 bridgehead atoms. The molecule has 2 aliphatic rings. The lowest BCUT2D eigenvalue weighted by Crippen LogP contribution is -2.39. The number of fused-ring (bicyclic) bond motifs is 1. The Hall–Kier alpha value is -0.570. The summed E-state index contributed by atoms with van der Waals surface area (Å²) >= 11 is 0. The molecule has 2 saturated carbocycles. The monoisotopic (exact) mass is 239 g/mol. The normalized spacial score (nSPS) is 34.8. The summed E-state index contributed by atoms with van der Waals surface area (Å²) in [6.45, 7) is 2.10. The third kappa shape index (κ3) is 3.44. The van der Waals surface area contributed by atoms with Crippen molar-refractivity contribution >= 4 is 5.91 Å². The summed E-state index contributed by atoms with van der Waals surface area (Å²) in [4.78, 5) is 12.0. The van der Waals surface area contributed by atoms with Crippen molar-refractivity contribution in [3.05, 3.63) is 0 Å². The van der Waals surface area contributed by atoms with Gasteiger partial charge in [0.05, 0.1) is 6.10 Å². The number of carbonyl (C=O) groups excluding carboxylic acids is 1. The fourth-order valence-electron chi connectivity index (χ4n) is 3.50. The summed E-state index contributed by atoms with van der Waals surface area (Å²) in [5, 5.41) is 12.0. The molecule has 0 saturated heterocycles. The molecule has 3 heteroatoms. The third-order valence-electron chi connectivity index (χ3n) is 4.48. The van der Waals surface area contributed by atoms with Crippen LogP contribution in [0.25, 0.3) is 0 Å². The van der Waals surface area contributed by atoms with E-state index in [1.165, 1.54) is 32.1 Å². The average Bonchev–Trinajstić information content (AvgIpc) is 2.35. The van der Waals surface area contributed by atoms with E-state index in [9.17, 15) is 9.90 Å². The van der Waals surface area contributed by atoms with Gasteiger partial charge in [-0.15, -0.1) is 0 Å². The van der Waals surface area contributed by atoms with E-state index in [2.05, 4.69) is 5.32 Å². The predicted octanol–water partition coefficient (Wildman–Crippen LogP) is 2.09. The third-order valence-corrected chi connectivity index (χ3v) is 4.48. The van der Waals surface area contributed by atoms with Crippen LogP contribution in [0, 0.1) is 17.8 Å². The Labute approximate surface area is 104 Å². The van der Waals surface area contributed by atoms with Crippen LogP contribution in [0.4, 0.5) is 0 Å². The first-order valence-electron chi connectivity index (χ1n) is 7.12. The Kier molecular flexibility index (Phi) is 4.43. The van der Waals surface area contributed by atoms with E-state index in [0.717, 1.165) is 24.7 Å². The lowest BCUT2D eigenvalue weighted by Gasteiger charge is -2.38. The highest BCUT2D eigenvalue weighted by Crippen LogP contribution is 2.42. The Bertz CT molecular complexity index is 265. The van der Waals surface area contributed by atoms with Gasteiger partial charge < -0.3 is 10.4 Å². The number of aliphatic hydroxyl groups excluding tert-OH is 1. The van der Waals surface area contributed by atoms with Gasteiger partial charge in [0, 0.05) is 12.5 Å². The molecule has 3 nitrogen and oxygen atoms in total. The molecule has 0 aromatic heterocycles. The number of hydrogen-bond donors (Lipinski definition) is 2. The topological polar surface area (TPSA) is 49.3 Å². The van der Waals surface area contributed by atoms with Crippen LogP contribution < -0.4 is 5.32 Å². The maximum atomic E-state index is 12.0. The van der Waals surface area contributed by atoms with E-state index in [0.29, 0.717) is 6.54 Å². The van der Waals surface area contributed by atoms with Gasteiger partial charge in [0.15, 0.2) is 0 Å². The lowest BCUT2D eigenvalue weighted by molar-refractivity contribution is -0.127. The van der Waals surface area contributed by atoms with Gasteiger partial charge in [0.1, 0.15) is 0 Å². The van der Waals surface area contributed by atoms with Crippen LogP contribution in [0.2, 0.25) is 0 Å². The van der Waals surface area contributed by atoms with E-state index >= 15 is 0 Å². The highest BCUT2D eigenvalue weighted by molar-refractivity contribution is 5.78. The van der Waals surface area contributed by atoms with E-state index in [1.807, 2.05) is 0 Å². The van der Waals surface area contributed by atoms with Crippen molar-refractivity contribution in [3.63, 3.8) is 0 Å². The standard InChI is InChI=1S/C14H25NO2/c1-10(16)9-15-14(17)13-7-6-11-4-2-3-5-12(11)8-13/h10-13,16H,2-9H2,1H3,(H,15,17)/t10-,11?,12?,13?/m1/s1. The fourth-order valence-corrected chi connectivity index (χ4v) is 3.50. The van der Waals surface area contributed by atoms with Crippen molar-refractivity contribution < 1.29 is 9.90 Å². The first-order chi connectivity index (χ1) is 8.16. The molecule has 4 atom stereocenters. The van der Waals surface area contributed by atoms with Gasteiger partial charge in [-0.3, -0.25) is 4.79 Å². The minimum absolute atomic E-state index is 0.162. The van der Waals surface area contributed by atoms with Gasteiger partial charge in [-0.2, -0.15) is 0 Å². The molecule has 0 radical (unpaired) electrons. The molecule has 2 rings (SSSR count). The maximum absolute atomic E-state index is 12.0. The lowest BCUT2D eigenvalue weighted by atomic mass is 9.67. The van der Waals surface area contributed by atoms with Crippen LogP contribution in [-0.2, 0) is 4.79 Å². The van der Waals surface area contributed by atoms with E-state index in [1.54, 1.807) is 6.92 Å². The summed E-state index contributed by atoms with van der Waals surface area (Å²) in [5.74, 6) is 2.05.